The van der Waals surface area contributed by atoms with E-state index in [0.29, 0.717) is 41.8 Å². The highest BCUT2D eigenvalue weighted by atomic mass is 35.5. The molecule has 7 heteroatoms. The van der Waals surface area contributed by atoms with E-state index in [1.165, 1.54) is 12.1 Å². The minimum atomic E-state index is -0.326. The highest BCUT2D eigenvalue weighted by Gasteiger charge is 2.15. The first-order valence-electron chi connectivity index (χ1n) is 8.66. The lowest BCUT2D eigenvalue weighted by molar-refractivity contribution is -0.131. The molecule has 0 aliphatic rings. The summed E-state index contributed by atoms with van der Waals surface area (Å²) in [4.78, 5) is 18.5. The quantitative estimate of drug-likeness (QED) is 0.598. The Hall–Kier alpha value is -2.73. The van der Waals surface area contributed by atoms with Crippen LogP contribution in [0.25, 0.3) is 11.4 Å². The van der Waals surface area contributed by atoms with Crippen molar-refractivity contribution >= 4 is 17.5 Å². The van der Waals surface area contributed by atoms with Crippen molar-refractivity contribution in [2.45, 2.75) is 26.3 Å². The number of amides is 1. The van der Waals surface area contributed by atoms with Crippen LogP contribution in [0.4, 0.5) is 4.39 Å². The molecular formula is C20H19ClFN3O2. The van der Waals surface area contributed by atoms with Crippen molar-refractivity contribution in [2.24, 2.45) is 0 Å². The number of rotatable bonds is 7. The molecule has 2 aromatic carbocycles. The third kappa shape index (κ3) is 5.14. The van der Waals surface area contributed by atoms with Crippen molar-refractivity contribution in [3.8, 4) is 11.4 Å². The summed E-state index contributed by atoms with van der Waals surface area (Å²) < 4.78 is 18.2. The molecule has 0 saturated carbocycles. The first-order chi connectivity index (χ1) is 13.0. The van der Waals surface area contributed by atoms with Crippen LogP contribution < -0.4 is 0 Å². The summed E-state index contributed by atoms with van der Waals surface area (Å²) in [6.07, 6.45) is 0.610. The molecule has 0 unspecified atom stereocenters. The maximum atomic E-state index is 13.0. The van der Waals surface area contributed by atoms with Gasteiger partial charge in [0, 0.05) is 36.5 Å². The van der Waals surface area contributed by atoms with Gasteiger partial charge in [-0.05, 0) is 48.9 Å². The van der Waals surface area contributed by atoms with Crippen molar-refractivity contribution in [3.05, 3.63) is 70.8 Å². The fourth-order valence-corrected chi connectivity index (χ4v) is 2.89. The van der Waals surface area contributed by atoms with Crippen LogP contribution in [0.15, 0.2) is 53.1 Å². The Morgan fingerprint density at radius 2 is 2.00 bits per heavy atom. The topological polar surface area (TPSA) is 59.2 Å². The Kier molecular flexibility index (Phi) is 6.19. The fourth-order valence-electron chi connectivity index (χ4n) is 2.68. The third-order valence-electron chi connectivity index (χ3n) is 4.12. The third-order valence-corrected chi connectivity index (χ3v) is 4.36. The summed E-state index contributed by atoms with van der Waals surface area (Å²) in [6, 6.07) is 13.3. The molecule has 3 aromatic rings. The van der Waals surface area contributed by atoms with Crippen molar-refractivity contribution in [3.63, 3.8) is 0 Å². The van der Waals surface area contributed by atoms with Gasteiger partial charge in [-0.15, -0.1) is 0 Å². The molecule has 0 aliphatic carbocycles. The largest absolute Gasteiger partial charge is 0.339 e. The van der Waals surface area contributed by atoms with Crippen molar-refractivity contribution < 1.29 is 13.7 Å². The van der Waals surface area contributed by atoms with E-state index in [0.717, 1.165) is 5.56 Å². The van der Waals surface area contributed by atoms with Gasteiger partial charge in [0.15, 0.2) is 0 Å². The maximum Gasteiger partial charge on any atom is 0.227 e. The van der Waals surface area contributed by atoms with Crippen LogP contribution in [0.2, 0.25) is 5.02 Å². The SMILES string of the molecule is CCN(Cc1cccc(Cl)c1)C(=O)CCc1nc(-c2ccc(F)cc2)no1. The molecule has 0 spiro atoms. The van der Waals surface area contributed by atoms with Gasteiger partial charge in [-0.2, -0.15) is 4.98 Å². The Labute approximate surface area is 161 Å². The molecule has 1 heterocycles. The first kappa shape index (κ1) is 19.0. The molecule has 0 N–H and O–H groups in total. The van der Waals surface area contributed by atoms with E-state index in [-0.39, 0.29) is 18.1 Å². The zero-order chi connectivity index (χ0) is 19.2. The second-order valence-corrected chi connectivity index (χ2v) is 6.49. The highest BCUT2D eigenvalue weighted by Crippen LogP contribution is 2.17. The number of halogens is 2. The van der Waals surface area contributed by atoms with Crippen LogP contribution in [0.1, 0.15) is 24.8 Å². The lowest BCUT2D eigenvalue weighted by Gasteiger charge is -2.20. The predicted octanol–water partition coefficient (Wildman–Crippen LogP) is 4.51. The van der Waals surface area contributed by atoms with Gasteiger partial charge in [0.05, 0.1) is 0 Å². The van der Waals surface area contributed by atoms with Crippen LogP contribution in [0, 0.1) is 5.82 Å². The van der Waals surface area contributed by atoms with E-state index in [1.54, 1.807) is 23.1 Å². The molecule has 0 aliphatic heterocycles. The minimum absolute atomic E-state index is 0.000919. The van der Waals surface area contributed by atoms with E-state index in [1.807, 2.05) is 25.1 Å². The van der Waals surface area contributed by atoms with Gasteiger partial charge >= 0.3 is 0 Å². The Bertz CT molecular complexity index is 912. The Morgan fingerprint density at radius 3 is 2.70 bits per heavy atom. The smallest absolute Gasteiger partial charge is 0.227 e. The highest BCUT2D eigenvalue weighted by molar-refractivity contribution is 6.30. The van der Waals surface area contributed by atoms with Crippen LogP contribution in [-0.2, 0) is 17.8 Å². The zero-order valence-corrected chi connectivity index (χ0v) is 15.6. The van der Waals surface area contributed by atoms with Crippen molar-refractivity contribution in [1.82, 2.24) is 15.0 Å². The second kappa shape index (κ2) is 8.77. The number of benzene rings is 2. The van der Waals surface area contributed by atoms with Crippen LogP contribution in [0.3, 0.4) is 0 Å². The lowest BCUT2D eigenvalue weighted by atomic mass is 10.2. The number of carbonyl (C=O) groups is 1. The van der Waals surface area contributed by atoms with Crippen LogP contribution >= 0.6 is 11.6 Å². The molecule has 0 radical (unpaired) electrons. The lowest BCUT2D eigenvalue weighted by Crippen LogP contribution is -2.30. The molecule has 1 aromatic heterocycles. The number of hydrogen-bond donors (Lipinski definition) is 0. The fraction of sp³-hybridized carbons (Fsp3) is 0.250. The Balaban J connectivity index is 1.58. The van der Waals surface area contributed by atoms with Gasteiger partial charge in [0.25, 0.3) is 0 Å². The van der Waals surface area contributed by atoms with Gasteiger partial charge < -0.3 is 9.42 Å². The number of aromatic nitrogens is 2. The average Bonchev–Trinajstić information content (AvgIpc) is 3.14. The molecule has 0 bridgehead atoms. The predicted molar refractivity (Wildman–Crippen MR) is 101 cm³/mol. The van der Waals surface area contributed by atoms with E-state index >= 15 is 0 Å². The summed E-state index contributed by atoms with van der Waals surface area (Å²) >= 11 is 6.00. The minimum Gasteiger partial charge on any atom is -0.339 e. The van der Waals surface area contributed by atoms with Gasteiger partial charge in [0.2, 0.25) is 17.6 Å². The van der Waals surface area contributed by atoms with Gasteiger partial charge in [-0.1, -0.05) is 28.9 Å². The molecule has 3 rings (SSSR count). The molecule has 140 valence electrons. The normalized spacial score (nSPS) is 10.8. The van der Waals surface area contributed by atoms with Crippen molar-refractivity contribution in [1.29, 1.82) is 0 Å². The molecule has 27 heavy (non-hydrogen) atoms. The molecule has 0 atom stereocenters. The monoisotopic (exact) mass is 387 g/mol. The summed E-state index contributed by atoms with van der Waals surface area (Å²) in [5.74, 6) is 0.427. The summed E-state index contributed by atoms with van der Waals surface area (Å²) in [5.41, 5.74) is 1.64. The van der Waals surface area contributed by atoms with E-state index in [2.05, 4.69) is 10.1 Å². The van der Waals surface area contributed by atoms with Crippen LogP contribution in [-0.4, -0.2) is 27.5 Å². The standard InChI is InChI=1S/C20H19ClFN3O2/c1-2-25(13-14-4-3-5-16(21)12-14)19(26)11-10-18-23-20(24-27-18)15-6-8-17(22)9-7-15/h3-9,12H,2,10-11,13H2,1H3. The van der Waals surface area contributed by atoms with Crippen molar-refractivity contribution in [2.75, 3.05) is 6.54 Å². The van der Waals surface area contributed by atoms with E-state index in [4.69, 9.17) is 16.1 Å². The molecule has 0 fully saturated rings. The van der Waals surface area contributed by atoms with Gasteiger partial charge in [0.1, 0.15) is 5.82 Å². The molecule has 5 nitrogen and oxygen atoms in total. The molecule has 1 amide bonds. The molecule has 0 saturated heterocycles. The zero-order valence-electron chi connectivity index (χ0n) is 14.9. The summed E-state index contributed by atoms with van der Waals surface area (Å²) in [7, 11) is 0. The summed E-state index contributed by atoms with van der Waals surface area (Å²) in [6.45, 7) is 3.03. The first-order valence-corrected chi connectivity index (χ1v) is 9.03. The maximum absolute atomic E-state index is 13.0. The Morgan fingerprint density at radius 1 is 1.22 bits per heavy atom. The van der Waals surface area contributed by atoms with E-state index < -0.39 is 0 Å². The van der Waals surface area contributed by atoms with Gasteiger partial charge in [-0.25, -0.2) is 4.39 Å². The average molecular weight is 388 g/mol. The number of carbonyl (C=O) groups excluding carboxylic acids is 1. The number of nitrogens with zero attached hydrogens (tertiary/aromatic N) is 3. The van der Waals surface area contributed by atoms with Crippen LogP contribution in [0.5, 0.6) is 0 Å². The summed E-state index contributed by atoms with van der Waals surface area (Å²) in [5, 5.41) is 4.54. The van der Waals surface area contributed by atoms with E-state index in [9.17, 15) is 9.18 Å². The second-order valence-electron chi connectivity index (χ2n) is 6.06. The number of aryl methyl sites for hydroxylation is 1. The number of hydrogen-bond acceptors (Lipinski definition) is 4. The van der Waals surface area contributed by atoms with Gasteiger partial charge in [-0.3, -0.25) is 4.79 Å². The molecular weight excluding hydrogens is 369 g/mol.